The lowest BCUT2D eigenvalue weighted by Crippen LogP contribution is -2.36. The molecule has 1 atom stereocenters. The molecule has 192 valence electrons. The van der Waals surface area contributed by atoms with Crippen molar-refractivity contribution in [3.63, 3.8) is 0 Å². The van der Waals surface area contributed by atoms with E-state index < -0.39 is 11.9 Å². The fourth-order valence-electron chi connectivity index (χ4n) is 4.00. The predicted molar refractivity (Wildman–Crippen MR) is 139 cm³/mol. The molecule has 0 bridgehead atoms. The van der Waals surface area contributed by atoms with E-state index in [1.165, 1.54) is 12.1 Å². The molecule has 36 heavy (non-hydrogen) atoms. The zero-order chi connectivity index (χ0) is 25.8. The summed E-state index contributed by atoms with van der Waals surface area (Å²) in [5.74, 6) is 0.379. The Morgan fingerprint density at radius 1 is 1.19 bits per heavy atom. The Hall–Kier alpha value is -3.01. The predicted octanol–water partition coefficient (Wildman–Crippen LogP) is 4.03. The van der Waals surface area contributed by atoms with Crippen molar-refractivity contribution >= 4 is 34.4 Å². The Morgan fingerprint density at radius 2 is 1.94 bits per heavy atom. The lowest BCUT2D eigenvalue weighted by molar-refractivity contribution is 0.0786. The lowest BCUT2D eigenvalue weighted by atomic mass is 10.0. The SMILES string of the molecule is CC(Oc1ccc(Cl)c(F)c1)c1cc(C(=O)N(C)CCN(C)C)cc2ncc(N3CCOCC3)nc12. The maximum atomic E-state index is 14.0. The van der Waals surface area contributed by atoms with E-state index in [0.717, 1.165) is 25.5 Å². The van der Waals surface area contributed by atoms with Gasteiger partial charge in [0.15, 0.2) is 0 Å². The van der Waals surface area contributed by atoms with Gasteiger partial charge in [0, 0.05) is 50.4 Å². The van der Waals surface area contributed by atoms with Gasteiger partial charge >= 0.3 is 0 Å². The third-order valence-corrected chi connectivity index (χ3v) is 6.42. The van der Waals surface area contributed by atoms with Gasteiger partial charge in [0.2, 0.25) is 0 Å². The molecule has 0 spiro atoms. The molecule has 0 aliphatic carbocycles. The van der Waals surface area contributed by atoms with E-state index in [4.69, 9.17) is 26.1 Å². The zero-order valence-corrected chi connectivity index (χ0v) is 21.8. The third-order valence-electron chi connectivity index (χ3n) is 6.12. The normalized spacial score (nSPS) is 14.8. The maximum absolute atomic E-state index is 14.0. The van der Waals surface area contributed by atoms with Gasteiger partial charge in [-0.1, -0.05) is 11.6 Å². The first-order chi connectivity index (χ1) is 17.2. The molecule has 8 nitrogen and oxygen atoms in total. The van der Waals surface area contributed by atoms with Gasteiger partial charge in [-0.3, -0.25) is 9.78 Å². The van der Waals surface area contributed by atoms with Crippen LogP contribution in [0.25, 0.3) is 11.0 Å². The number of aromatic nitrogens is 2. The Morgan fingerprint density at radius 3 is 2.64 bits per heavy atom. The largest absolute Gasteiger partial charge is 0.486 e. The van der Waals surface area contributed by atoms with E-state index >= 15 is 0 Å². The summed E-state index contributed by atoms with van der Waals surface area (Å²) >= 11 is 5.83. The van der Waals surface area contributed by atoms with Crippen LogP contribution >= 0.6 is 11.6 Å². The molecule has 1 aliphatic rings. The molecule has 1 amide bonds. The van der Waals surface area contributed by atoms with Gasteiger partial charge in [-0.05, 0) is 45.3 Å². The highest BCUT2D eigenvalue weighted by Crippen LogP contribution is 2.31. The second-order valence-corrected chi connectivity index (χ2v) is 9.53. The molecule has 1 saturated heterocycles. The average Bonchev–Trinajstić information content (AvgIpc) is 2.88. The highest BCUT2D eigenvalue weighted by molar-refractivity contribution is 6.30. The van der Waals surface area contributed by atoms with Crippen molar-refractivity contribution in [3.05, 3.63) is 58.5 Å². The highest BCUT2D eigenvalue weighted by Gasteiger charge is 2.22. The van der Waals surface area contributed by atoms with E-state index in [1.54, 1.807) is 36.3 Å². The number of hydrogen-bond acceptors (Lipinski definition) is 7. The molecule has 2 aromatic carbocycles. The number of amides is 1. The standard InChI is InChI=1S/C26H31ClFN5O3/c1-17(36-19-5-6-21(27)22(28)15-19)20-13-18(26(34)32(4)8-7-31(2)3)14-23-25(20)30-24(16-29-23)33-9-11-35-12-10-33/h5-6,13-17H,7-12H2,1-4H3. The molecule has 4 rings (SSSR count). The van der Waals surface area contributed by atoms with Gasteiger partial charge in [0.1, 0.15) is 23.5 Å². The summed E-state index contributed by atoms with van der Waals surface area (Å²) in [7, 11) is 5.71. The van der Waals surface area contributed by atoms with Crippen LogP contribution in [0.5, 0.6) is 5.75 Å². The van der Waals surface area contributed by atoms with Crippen LogP contribution < -0.4 is 9.64 Å². The van der Waals surface area contributed by atoms with Crippen molar-refractivity contribution in [1.29, 1.82) is 0 Å². The van der Waals surface area contributed by atoms with Crippen molar-refractivity contribution in [1.82, 2.24) is 19.8 Å². The molecule has 2 heterocycles. The quantitative estimate of drug-likeness (QED) is 0.448. The van der Waals surface area contributed by atoms with Crippen molar-refractivity contribution in [2.24, 2.45) is 0 Å². The van der Waals surface area contributed by atoms with E-state index in [9.17, 15) is 9.18 Å². The molecule has 1 unspecified atom stereocenters. The lowest BCUT2D eigenvalue weighted by Gasteiger charge is -2.28. The Labute approximate surface area is 215 Å². The average molecular weight is 516 g/mol. The first-order valence-electron chi connectivity index (χ1n) is 11.9. The molecule has 0 saturated carbocycles. The van der Waals surface area contributed by atoms with Gasteiger partial charge in [-0.15, -0.1) is 0 Å². The summed E-state index contributed by atoms with van der Waals surface area (Å²) in [4.78, 5) is 28.6. The van der Waals surface area contributed by atoms with Crippen molar-refractivity contribution < 1.29 is 18.7 Å². The maximum Gasteiger partial charge on any atom is 0.253 e. The van der Waals surface area contributed by atoms with Gasteiger partial charge in [0.25, 0.3) is 5.91 Å². The second-order valence-electron chi connectivity index (χ2n) is 9.13. The van der Waals surface area contributed by atoms with Gasteiger partial charge in [0.05, 0.1) is 35.5 Å². The van der Waals surface area contributed by atoms with Crippen molar-refractivity contribution in [2.75, 3.05) is 65.4 Å². The van der Waals surface area contributed by atoms with E-state index in [0.29, 0.717) is 47.7 Å². The fourth-order valence-corrected chi connectivity index (χ4v) is 4.12. The van der Waals surface area contributed by atoms with Crippen LogP contribution in [0.3, 0.4) is 0 Å². The number of ether oxygens (including phenoxy) is 2. The number of morpholine rings is 1. The van der Waals surface area contributed by atoms with Crippen LogP contribution in [0.1, 0.15) is 28.9 Å². The molecular formula is C26H31ClFN5O3. The Bertz CT molecular complexity index is 1240. The van der Waals surface area contributed by atoms with E-state index in [2.05, 4.69) is 9.88 Å². The number of hydrogen-bond donors (Lipinski definition) is 0. The first kappa shape index (κ1) is 26.1. The number of carbonyl (C=O) groups excluding carboxylic acids is 1. The monoisotopic (exact) mass is 515 g/mol. The molecule has 1 aromatic heterocycles. The number of likely N-dealkylation sites (N-methyl/N-ethyl adjacent to an activating group) is 2. The number of benzene rings is 2. The number of fused-ring (bicyclic) bond motifs is 1. The summed E-state index contributed by atoms with van der Waals surface area (Å²) in [5, 5.41) is 0.0230. The highest BCUT2D eigenvalue weighted by atomic mass is 35.5. The minimum Gasteiger partial charge on any atom is -0.486 e. The van der Waals surface area contributed by atoms with Crippen LogP contribution in [0.2, 0.25) is 5.02 Å². The first-order valence-corrected chi connectivity index (χ1v) is 12.3. The van der Waals surface area contributed by atoms with Crippen LogP contribution in [-0.4, -0.2) is 86.2 Å². The van der Waals surface area contributed by atoms with Crippen molar-refractivity contribution in [2.45, 2.75) is 13.0 Å². The summed E-state index contributed by atoms with van der Waals surface area (Å²) in [5.41, 5.74) is 2.40. The summed E-state index contributed by atoms with van der Waals surface area (Å²) in [6, 6.07) is 7.87. The zero-order valence-electron chi connectivity index (χ0n) is 21.0. The van der Waals surface area contributed by atoms with E-state index in [-0.39, 0.29) is 10.9 Å². The number of rotatable bonds is 8. The summed E-state index contributed by atoms with van der Waals surface area (Å²) < 4.78 is 25.6. The Kier molecular flexibility index (Phi) is 8.23. The molecule has 1 fully saturated rings. The second kappa shape index (κ2) is 11.4. The molecule has 1 aliphatic heterocycles. The topological polar surface area (TPSA) is 71.0 Å². The van der Waals surface area contributed by atoms with Crippen LogP contribution in [-0.2, 0) is 4.74 Å². The minimum absolute atomic E-state index is 0.0230. The van der Waals surface area contributed by atoms with Gasteiger partial charge in [-0.2, -0.15) is 0 Å². The number of anilines is 1. The number of halogens is 2. The van der Waals surface area contributed by atoms with Crippen LogP contribution in [0.4, 0.5) is 10.2 Å². The fraction of sp³-hybridized carbons (Fsp3) is 0.423. The summed E-state index contributed by atoms with van der Waals surface area (Å²) in [6.07, 6.45) is 1.18. The summed E-state index contributed by atoms with van der Waals surface area (Å²) in [6.45, 7) is 5.86. The van der Waals surface area contributed by atoms with Crippen LogP contribution in [0.15, 0.2) is 36.5 Å². The molecule has 0 N–H and O–H groups in total. The van der Waals surface area contributed by atoms with Crippen molar-refractivity contribution in [3.8, 4) is 5.75 Å². The smallest absolute Gasteiger partial charge is 0.253 e. The van der Waals surface area contributed by atoms with E-state index in [1.807, 2.05) is 25.9 Å². The van der Waals surface area contributed by atoms with Gasteiger partial charge in [-0.25, -0.2) is 9.37 Å². The van der Waals surface area contributed by atoms with Crippen LogP contribution in [0, 0.1) is 5.82 Å². The minimum atomic E-state index is -0.563. The Balaban J connectivity index is 1.73. The molecular weight excluding hydrogens is 485 g/mol. The van der Waals surface area contributed by atoms with Gasteiger partial charge < -0.3 is 24.2 Å². The molecule has 0 radical (unpaired) electrons. The number of carbonyl (C=O) groups is 1. The number of nitrogens with zero attached hydrogens (tertiary/aromatic N) is 5. The molecule has 3 aromatic rings. The molecule has 10 heteroatoms. The third kappa shape index (κ3) is 6.03.